The molecule has 0 spiro atoms. The number of hydrogen-bond acceptors (Lipinski definition) is 7. The number of piperazine rings is 1. The lowest BCUT2D eigenvalue weighted by molar-refractivity contribution is 0.0620. The Morgan fingerprint density at radius 1 is 1.20 bits per heavy atom. The summed E-state index contributed by atoms with van der Waals surface area (Å²) in [6.45, 7) is 3.60. The van der Waals surface area contributed by atoms with Crippen LogP contribution in [0.1, 0.15) is 15.6 Å². The number of thiophene rings is 1. The summed E-state index contributed by atoms with van der Waals surface area (Å²) >= 11 is 1.49. The number of carbonyl (C=O) groups is 1. The zero-order chi connectivity index (χ0) is 17.1. The molecule has 128 valence electrons. The first-order valence-corrected chi connectivity index (χ1v) is 8.96. The van der Waals surface area contributed by atoms with E-state index in [1.54, 1.807) is 12.4 Å². The highest BCUT2D eigenvalue weighted by Gasteiger charge is 2.23. The SMILES string of the molecule is O=C(c1cccs1)N1CCN(Cc2nc(-c3cccnc3)no2)CC1. The van der Waals surface area contributed by atoms with Crippen LogP contribution >= 0.6 is 11.3 Å². The smallest absolute Gasteiger partial charge is 0.264 e. The topological polar surface area (TPSA) is 75.4 Å². The van der Waals surface area contributed by atoms with Gasteiger partial charge in [-0.1, -0.05) is 11.2 Å². The second-order valence-corrected chi connectivity index (χ2v) is 6.75. The quantitative estimate of drug-likeness (QED) is 0.714. The number of nitrogens with zero attached hydrogens (tertiary/aromatic N) is 5. The van der Waals surface area contributed by atoms with Gasteiger partial charge in [0.1, 0.15) is 0 Å². The summed E-state index contributed by atoms with van der Waals surface area (Å²) in [5.41, 5.74) is 0.837. The van der Waals surface area contributed by atoms with Crippen molar-refractivity contribution in [2.24, 2.45) is 0 Å². The van der Waals surface area contributed by atoms with Gasteiger partial charge in [-0.25, -0.2) is 0 Å². The first-order valence-electron chi connectivity index (χ1n) is 8.08. The van der Waals surface area contributed by atoms with Crippen LogP contribution in [-0.4, -0.2) is 57.0 Å². The van der Waals surface area contributed by atoms with Crippen molar-refractivity contribution >= 4 is 17.2 Å². The summed E-state index contributed by atoms with van der Waals surface area (Å²) in [5.74, 6) is 1.25. The largest absolute Gasteiger partial charge is 0.338 e. The molecule has 0 bridgehead atoms. The Bertz CT molecular complexity index is 826. The molecule has 4 rings (SSSR count). The molecule has 0 saturated carbocycles. The summed E-state index contributed by atoms with van der Waals surface area (Å²) in [4.78, 5) is 25.8. The molecule has 1 aliphatic heterocycles. The lowest BCUT2D eigenvalue weighted by Gasteiger charge is -2.33. The molecule has 0 aromatic carbocycles. The molecule has 1 fully saturated rings. The maximum atomic E-state index is 12.4. The molecule has 8 heteroatoms. The fourth-order valence-electron chi connectivity index (χ4n) is 2.79. The van der Waals surface area contributed by atoms with Gasteiger partial charge in [0.15, 0.2) is 0 Å². The molecule has 1 aliphatic rings. The normalized spacial score (nSPS) is 15.4. The third-order valence-electron chi connectivity index (χ3n) is 4.14. The van der Waals surface area contributed by atoms with Crippen LogP contribution in [0.2, 0.25) is 0 Å². The van der Waals surface area contributed by atoms with Crippen molar-refractivity contribution in [3.05, 3.63) is 52.8 Å². The van der Waals surface area contributed by atoms with Crippen LogP contribution in [0.5, 0.6) is 0 Å². The molecule has 1 amide bonds. The first kappa shape index (κ1) is 15.9. The molecule has 25 heavy (non-hydrogen) atoms. The first-order chi connectivity index (χ1) is 12.3. The van der Waals surface area contributed by atoms with Gasteiger partial charge in [0.2, 0.25) is 11.7 Å². The van der Waals surface area contributed by atoms with E-state index in [4.69, 9.17) is 4.52 Å². The zero-order valence-electron chi connectivity index (χ0n) is 13.5. The maximum Gasteiger partial charge on any atom is 0.264 e. The molecular formula is C17H17N5O2S. The number of hydrogen-bond donors (Lipinski definition) is 0. The van der Waals surface area contributed by atoms with Crippen molar-refractivity contribution in [1.29, 1.82) is 0 Å². The summed E-state index contributed by atoms with van der Waals surface area (Å²) in [6, 6.07) is 7.52. The number of pyridine rings is 1. The summed E-state index contributed by atoms with van der Waals surface area (Å²) < 4.78 is 5.35. The molecule has 0 N–H and O–H groups in total. The van der Waals surface area contributed by atoms with Gasteiger partial charge in [-0.15, -0.1) is 11.3 Å². The average Bonchev–Trinajstić information content (AvgIpc) is 3.35. The molecule has 0 aliphatic carbocycles. The van der Waals surface area contributed by atoms with Crippen LogP contribution in [0.25, 0.3) is 11.4 Å². The van der Waals surface area contributed by atoms with E-state index >= 15 is 0 Å². The molecular weight excluding hydrogens is 338 g/mol. The van der Waals surface area contributed by atoms with Gasteiger partial charge in [-0.05, 0) is 23.6 Å². The minimum atomic E-state index is 0.117. The van der Waals surface area contributed by atoms with E-state index in [-0.39, 0.29) is 5.91 Å². The van der Waals surface area contributed by atoms with E-state index in [9.17, 15) is 4.79 Å². The minimum Gasteiger partial charge on any atom is -0.338 e. The van der Waals surface area contributed by atoms with Gasteiger partial charge >= 0.3 is 0 Å². The second kappa shape index (κ2) is 7.12. The van der Waals surface area contributed by atoms with E-state index in [2.05, 4.69) is 20.0 Å². The molecule has 0 atom stereocenters. The molecule has 0 radical (unpaired) electrons. The number of rotatable bonds is 4. The monoisotopic (exact) mass is 355 g/mol. The minimum absolute atomic E-state index is 0.117. The fraction of sp³-hybridized carbons (Fsp3) is 0.294. The van der Waals surface area contributed by atoms with Gasteiger partial charge in [0, 0.05) is 44.1 Å². The van der Waals surface area contributed by atoms with Gasteiger partial charge in [-0.2, -0.15) is 4.98 Å². The van der Waals surface area contributed by atoms with Crippen molar-refractivity contribution in [3.63, 3.8) is 0 Å². The molecule has 3 aromatic rings. The fourth-order valence-corrected chi connectivity index (χ4v) is 3.48. The van der Waals surface area contributed by atoms with Crippen LogP contribution in [0.4, 0.5) is 0 Å². The Hall–Kier alpha value is -2.58. The predicted octanol–water partition coefficient (Wildman–Crippen LogP) is 2.15. The van der Waals surface area contributed by atoms with Crippen LogP contribution < -0.4 is 0 Å². The van der Waals surface area contributed by atoms with Crippen molar-refractivity contribution < 1.29 is 9.32 Å². The van der Waals surface area contributed by atoms with Gasteiger partial charge in [-0.3, -0.25) is 14.7 Å². The Morgan fingerprint density at radius 2 is 2.08 bits per heavy atom. The van der Waals surface area contributed by atoms with Crippen molar-refractivity contribution in [1.82, 2.24) is 24.9 Å². The summed E-state index contributed by atoms with van der Waals surface area (Å²) in [6.07, 6.45) is 3.42. The van der Waals surface area contributed by atoms with Crippen molar-refractivity contribution in [2.75, 3.05) is 26.2 Å². The number of carbonyl (C=O) groups excluding carboxylic acids is 1. The van der Waals surface area contributed by atoms with E-state index in [0.29, 0.717) is 31.3 Å². The zero-order valence-corrected chi connectivity index (χ0v) is 14.4. The maximum absolute atomic E-state index is 12.4. The van der Waals surface area contributed by atoms with E-state index < -0.39 is 0 Å². The van der Waals surface area contributed by atoms with Crippen LogP contribution in [-0.2, 0) is 6.54 Å². The van der Waals surface area contributed by atoms with Crippen LogP contribution in [0, 0.1) is 0 Å². The Balaban J connectivity index is 1.33. The summed E-state index contributed by atoms with van der Waals surface area (Å²) in [7, 11) is 0. The highest BCUT2D eigenvalue weighted by Crippen LogP contribution is 2.17. The molecule has 3 aromatic heterocycles. The van der Waals surface area contributed by atoms with Gasteiger partial charge in [0.25, 0.3) is 5.91 Å². The number of amides is 1. The molecule has 0 unspecified atom stereocenters. The average molecular weight is 355 g/mol. The van der Waals surface area contributed by atoms with Gasteiger partial charge < -0.3 is 9.42 Å². The Kier molecular flexibility index (Phi) is 4.53. The third-order valence-corrected chi connectivity index (χ3v) is 5.00. The van der Waals surface area contributed by atoms with E-state index in [1.165, 1.54) is 11.3 Å². The summed E-state index contributed by atoms with van der Waals surface area (Å²) in [5, 5.41) is 5.94. The van der Waals surface area contributed by atoms with E-state index in [0.717, 1.165) is 23.5 Å². The van der Waals surface area contributed by atoms with Crippen LogP contribution in [0.3, 0.4) is 0 Å². The Labute approximate surface area is 148 Å². The third kappa shape index (κ3) is 3.59. The molecule has 1 saturated heterocycles. The van der Waals surface area contributed by atoms with Crippen molar-refractivity contribution in [2.45, 2.75) is 6.54 Å². The van der Waals surface area contributed by atoms with Gasteiger partial charge in [0.05, 0.1) is 11.4 Å². The lowest BCUT2D eigenvalue weighted by atomic mass is 10.3. The second-order valence-electron chi connectivity index (χ2n) is 5.80. The molecule has 7 nitrogen and oxygen atoms in total. The van der Waals surface area contributed by atoms with Crippen molar-refractivity contribution in [3.8, 4) is 11.4 Å². The molecule has 4 heterocycles. The standard InChI is InChI=1S/C17H17N5O2S/c23-17(14-4-2-10-25-14)22-8-6-21(7-9-22)12-15-19-16(20-24-15)13-3-1-5-18-11-13/h1-5,10-11H,6-9,12H2. The lowest BCUT2D eigenvalue weighted by Crippen LogP contribution is -2.48. The number of aromatic nitrogens is 3. The van der Waals surface area contributed by atoms with E-state index in [1.807, 2.05) is 34.5 Å². The predicted molar refractivity (Wildman–Crippen MR) is 93.0 cm³/mol. The highest BCUT2D eigenvalue weighted by molar-refractivity contribution is 7.12. The van der Waals surface area contributed by atoms with Crippen LogP contribution in [0.15, 0.2) is 46.6 Å². The highest BCUT2D eigenvalue weighted by atomic mass is 32.1. The Morgan fingerprint density at radius 3 is 2.80 bits per heavy atom.